The maximum atomic E-state index is 13.7. The molecule has 0 unspecified atom stereocenters. The molecule has 1 aromatic carbocycles. The van der Waals surface area contributed by atoms with E-state index in [4.69, 9.17) is 34.7 Å². The van der Waals surface area contributed by atoms with Crippen LogP contribution in [-0.2, 0) is 14.4 Å². The second-order valence-electron chi connectivity index (χ2n) is 10.2. The molecular weight excluding hydrogens is 493 g/mol. The van der Waals surface area contributed by atoms with Crippen molar-refractivity contribution in [3.8, 4) is 0 Å². The number of rotatable bonds is 8. The highest BCUT2D eigenvalue weighted by molar-refractivity contribution is 6.38. The minimum absolute atomic E-state index is 0.0795. The molecule has 9 nitrogen and oxygen atoms in total. The predicted octanol–water partition coefficient (Wildman–Crippen LogP) is 2.91. The van der Waals surface area contributed by atoms with Crippen LogP contribution in [-0.4, -0.2) is 40.8 Å². The van der Waals surface area contributed by atoms with Crippen molar-refractivity contribution >= 4 is 57.7 Å². The summed E-state index contributed by atoms with van der Waals surface area (Å²) in [4.78, 5) is 50.5. The Hall–Kier alpha value is -2.78. The lowest BCUT2D eigenvalue weighted by Gasteiger charge is -2.30. The minimum Gasteiger partial charge on any atom is -0.368 e. The highest BCUT2D eigenvalue weighted by atomic mass is 35.5. The number of amides is 4. The summed E-state index contributed by atoms with van der Waals surface area (Å²) in [7, 11) is 0. The van der Waals surface area contributed by atoms with E-state index in [2.05, 4.69) is 10.6 Å². The lowest BCUT2D eigenvalue weighted by molar-refractivity contribution is -0.132. The molecule has 2 aromatic rings. The average molecular weight is 524 g/mol. The Morgan fingerprint density at radius 2 is 1.89 bits per heavy atom. The first-order valence-electron chi connectivity index (χ1n) is 11.5. The second kappa shape index (κ2) is 10.5. The number of benzene rings is 1. The Bertz CT molecular complexity index is 1170. The van der Waals surface area contributed by atoms with Crippen molar-refractivity contribution in [3.63, 3.8) is 0 Å². The predicted molar refractivity (Wildman–Crippen MR) is 135 cm³/mol. The fourth-order valence-corrected chi connectivity index (χ4v) is 5.05. The SMILES string of the molecule is CC(C)(C)C[C@@H](C(=O)N[C@@H](C[C@@H]1CCCNC1=O)C(N)=O)n1c(C(N)=O)cc2c(Cl)cc(Cl)cc21. The number of primary amides is 2. The van der Waals surface area contributed by atoms with Gasteiger partial charge in [-0.3, -0.25) is 19.2 Å². The topological polar surface area (TPSA) is 149 Å². The summed E-state index contributed by atoms with van der Waals surface area (Å²) in [6, 6.07) is 2.67. The Morgan fingerprint density at radius 1 is 1.20 bits per heavy atom. The monoisotopic (exact) mass is 523 g/mol. The molecule has 0 saturated carbocycles. The molecule has 1 fully saturated rings. The molecule has 1 aromatic heterocycles. The minimum atomic E-state index is -1.06. The van der Waals surface area contributed by atoms with Gasteiger partial charge in [-0.15, -0.1) is 0 Å². The lowest BCUT2D eigenvalue weighted by atomic mass is 9.87. The fourth-order valence-electron chi connectivity index (χ4n) is 4.52. The van der Waals surface area contributed by atoms with Crippen LogP contribution in [0.4, 0.5) is 0 Å². The summed E-state index contributed by atoms with van der Waals surface area (Å²) in [6.45, 7) is 6.42. The van der Waals surface area contributed by atoms with Gasteiger partial charge in [0.15, 0.2) is 0 Å². The molecule has 1 aliphatic heterocycles. The van der Waals surface area contributed by atoms with Crippen LogP contribution in [0.5, 0.6) is 0 Å². The number of carbonyl (C=O) groups excluding carboxylic acids is 4. The molecule has 3 rings (SSSR count). The van der Waals surface area contributed by atoms with Crippen LogP contribution in [0.1, 0.15) is 63.0 Å². The summed E-state index contributed by atoms with van der Waals surface area (Å²) >= 11 is 12.6. The van der Waals surface area contributed by atoms with Crippen LogP contribution in [0.25, 0.3) is 10.9 Å². The maximum Gasteiger partial charge on any atom is 0.265 e. The van der Waals surface area contributed by atoms with E-state index in [1.54, 1.807) is 6.07 Å². The third-order valence-corrected chi connectivity index (χ3v) is 6.66. The molecule has 11 heteroatoms. The number of fused-ring (bicyclic) bond motifs is 1. The van der Waals surface area contributed by atoms with Crippen molar-refractivity contribution < 1.29 is 19.2 Å². The summed E-state index contributed by atoms with van der Waals surface area (Å²) in [5.74, 6) is -2.63. The van der Waals surface area contributed by atoms with E-state index < -0.39 is 35.7 Å². The number of piperidine rings is 1. The van der Waals surface area contributed by atoms with E-state index in [0.717, 1.165) is 6.42 Å². The Kier molecular flexibility index (Phi) is 8.01. The number of nitrogens with two attached hydrogens (primary N) is 2. The number of halogens is 2. The van der Waals surface area contributed by atoms with Crippen LogP contribution in [0.2, 0.25) is 10.0 Å². The van der Waals surface area contributed by atoms with Gasteiger partial charge < -0.3 is 26.7 Å². The van der Waals surface area contributed by atoms with Crippen molar-refractivity contribution in [2.45, 2.75) is 58.5 Å². The van der Waals surface area contributed by atoms with Gasteiger partial charge in [-0.25, -0.2) is 0 Å². The first kappa shape index (κ1) is 26.8. The number of hydrogen-bond acceptors (Lipinski definition) is 4. The van der Waals surface area contributed by atoms with Gasteiger partial charge in [0.1, 0.15) is 17.8 Å². The van der Waals surface area contributed by atoms with Gasteiger partial charge in [-0.1, -0.05) is 44.0 Å². The highest BCUT2D eigenvalue weighted by Crippen LogP contribution is 2.36. The number of aromatic nitrogens is 1. The molecule has 35 heavy (non-hydrogen) atoms. The van der Waals surface area contributed by atoms with E-state index in [1.807, 2.05) is 20.8 Å². The molecule has 3 atom stereocenters. The normalized spacial score (nSPS) is 18.1. The number of nitrogens with one attached hydrogen (secondary N) is 2. The number of nitrogens with zero attached hydrogens (tertiary/aromatic N) is 1. The summed E-state index contributed by atoms with van der Waals surface area (Å²) in [5.41, 5.74) is 11.5. The van der Waals surface area contributed by atoms with Crippen molar-refractivity contribution in [1.29, 1.82) is 0 Å². The summed E-state index contributed by atoms with van der Waals surface area (Å²) < 4.78 is 1.52. The maximum absolute atomic E-state index is 13.7. The standard InChI is InChI=1S/C24H31Cl2N5O4/c1-24(2,3)11-19(23(35)30-16(20(27)32)7-12-5-4-6-29-22(12)34)31-17-9-13(25)8-15(26)14(17)10-18(31)21(28)33/h8-10,12,16,19H,4-7,11H2,1-3H3,(H2,27,32)(H2,28,33)(H,29,34)(H,30,35)/t12-,16-,19-/m0/s1. The van der Waals surface area contributed by atoms with Crippen molar-refractivity contribution in [1.82, 2.24) is 15.2 Å². The molecule has 6 N–H and O–H groups in total. The lowest BCUT2D eigenvalue weighted by Crippen LogP contribution is -2.50. The zero-order chi connectivity index (χ0) is 26.1. The van der Waals surface area contributed by atoms with Gasteiger partial charge in [-0.05, 0) is 49.3 Å². The Balaban J connectivity index is 2.05. The van der Waals surface area contributed by atoms with E-state index >= 15 is 0 Å². The first-order chi connectivity index (χ1) is 16.3. The molecule has 0 bridgehead atoms. The Morgan fingerprint density at radius 3 is 2.46 bits per heavy atom. The Labute approximate surface area is 213 Å². The van der Waals surface area contributed by atoms with Gasteiger partial charge in [0.05, 0.1) is 10.5 Å². The fraction of sp³-hybridized carbons (Fsp3) is 0.500. The molecule has 0 radical (unpaired) electrons. The highest BCUT2D eigenvalue weighted by Gasteiger charge is 2.35. The second-order valence-corrected chi connectivity index (χ2v) is 11.0. The summed E-state index contributed by atoms with van der Waals surface area (Å²) in [6.07, 6.45) is 1.76. The molecule has 0 spiro atoms. The first-order valence-corrected chi connectivity index (χ1v) is 12.2. The van der Waals surface area contributed by atoms with Crippen LogP contribution in [0, 0.1) is 11.3 Å². The van der Waals surface area contributed by atoms with Gasteiger partial charge >= 0.3 is 0 Å². The van der Waals surface area contributed by atoms with Crippen molar-refractivity contribution in [2.75, 3.05) is 6.54 Å². The zero-order valence-electron chi connectivity index (χ0n) is 20.0. The molecule has 0 aliphatic carbocycles. The van der Waals surface area contributed by atoms with E-state index in [-0.39, 0.29) is 23.4 Å². The largest absolute Gasteiger partial charge is 0.368 e. The van der Waals surface area contributed by atoms with Gasteiger partial charge in [0.25, 0.3) is 5.91 Å². The molecule has 1 saturated heterocycles. The third-order valence-electron chi connectivity index (χ3n) is 6.12. The number of hydrogen-bond donors (Lipinski definition) is 4. The van der Waals surface area contributed by atoms with Crippen LogP contribution < -0.4 is 22.1 Å². The van der Waals surface area contributed by atoms with Crippen LogP contribution in [0.15, 0.2) is 18.2 Å². The molecule has 4 amide bonds. The van der Waals surface area contributed by atoms with Gasteiger partial charge in [0.2, 0.25) is 17.7 Å². The summed E-state index contributed by atoms with van der Waals surface area (Å²) in [5, 5.41) is 6.64. The van der Waals surface area contributed by atoms with Gasteiger partial charge in [0, 0.05) is 22.9 Å². The zero-order valence-corrected chi connectivity index (χ0v) is 21.5. The van der Waals surface area contributed by atoms with Crippen LogP contribution in [0.3, 0.4) is 0 Å². The van der Waals surface area contributed by atoms with Gasteiger partial charge in [-0.2, -0.15) is 0 Å². The van der Waals surface area contributed by atoms with E-state index in [0.29, 0.717) is 40.3 Å². The number of carbonyl (C=O) groups is 4. The van der Waals surface area contributed by atoms with E-state index in [1.165, 1.54) is 16.7 Å². The molecule has 190 valence electrons. The van der Waals surface area contributed by atoms with E-state index in [9.17, 15) is 19.2 Å². The molecule has 1 aliphatic rings. The van der Waals surface area contributed by atoms with Crippen molar-refractivity contribution in [2.24, 2.45) is 22.8 Å². The smallest absolute Gasteiger partial charge is 0.265 e. The molecular formula is C24H31Cl2N5O4. The van der Waals surface area contributed by atoms with Crippen molar-refractivity contribution in [3.05, 3.63) is 33.9 Å². The quantitative estimate of drug-likeness (QED) is 0.420. The molecule has 2 heterocycles. The average Bonchev–Trinajstić information content (AvgIpc) is 3.12. The third kappa shape index (κ3) is 6.27. The van der Waals surface area contributed by atoms with Crippen LogP contribution >= 0.6 is 23.2 Å².